The van der Waals surface area contributed by atoms with E-state index in [9.17, 15) is 0 Å². The summed E-state index contributed by atoms with van der Waals surface area (Å²) in [6.07, 6.45) is 1.32. The molecule has 0 saturated carbocycles. The smallest absolute Gasteiger partial charge is 0.231 e. The summed E-state index contributed by atoms with van der Waals surface area (Å²) in [6.45, 7) is 8.57. The lowest BCUT2D eigenvalue weighted by molar-refractivity contribution is -0.168. The number of ether oxygens (including phenoxy) is 2. The molecule has 0 rings (SSSR count). The molecule has 0 aromatic carbocycles. The first-order valence-corrected chi connectivity index (χ1v) is 5.20. The Labute approximate surface area is 84.4 Å². The van der Waals surface area contributed by atoms with Crippen molar-refractivity contribution in [3.63, 3.8) is 0 Å². The molecule has 0 heterocycles. The zero-order chi connectivity index (χ0) is 10.2. The van der Waals surface area contributed by atoms with Gasteiger partial charge in [-0.2, -0.15) is 5.26 Å². The first-order chi connectivity index (χ1) is 6.24. The molecule has 0 aliphatic rings. The Morgan fingerprint density at radius 2 is 1.92 bits per heavy atom. The Morgan fingerprint density at radius 3 is 2.23 bits per heavy atom. The third-order valence-corrected chi connectivity index (χ3v) is 2.25. The molecule has 3 nitrogen and oxygen atoms in total. The molecule has 0 spiro atoms. The van der Waals surface area contributed by atoms with Crippen molar-refractivity contribution in [2.24, 2.45) is 0 Å². The van der Waals surface area contributed by atoms with Crippen molar-refractivity contribution < 1.29 is 9.47 Å². The average molecular weight is 202 g/mol. The summed E-state index contributed by atoms with van der Waals surface area (Å²) in [5, 5.41) is 9.81. The van der Waals surface area contributed by atoms with Crippen molar-refractivity contribution in [1.82, 2.24) is 0 Å². The largest absolute Gasteiger partial charge is 0.341 e. The fourth-order valence-electron chi connectivity index (χ4n) is 1.02. The molecule has 0 amide bonds. The van der Waals surface area contributed by atoms with Gasteiger partial charge in [-0.25, -0.2) is 0 Å². The van der Waals surface area contributed by atoms with Gasteiger partial charge in [0.05, 0.1) is 0 Å². The standard InChI is InChI=1S/C9H16NO2S/c1-4-7-9(11-5-2,12-6-3)13-8-10/h1,4-7H2,2-3H3. The third kappa shape index (κ3) is 4.51. The van der Waals surface area contributed by atoms with Crippen LogP contribution < -0.4 is 0 Å². The molecule has 0 unspecified atom stereocenters. The molecule has 1 radical (unpaired) electrons. The van der Waals surface area contributed by atoms with E-state index in [1.54, 1.807) is 0 Å². The van der Waals surface area contributed by atoms with Crippen LogP contribution in [0, 0.1) is 17.6 Å². The van der Waals surface area contributed by atoms with E-state index in [4.69, 9.17) is 14.7 Å². The van der Waals surface area contributed by atoms with E-state index < -0.39 is 5.12 Å². The lowest BCUT2D eigenvalue weighted by Crippen LogP contribution is -2.31. The van der Waals surface area contributed by atoms with Crippen molar-refractivity contribution in [3.8, 4) is 5.40 Å². The number of nitrogens with zero attached hydrogens (tertiary/aromatic N) is 1. The molecule has 75 valence electrons. The quantitative estimate of drug-likeness (QED) is 0.470. The second-order valence-electron chi connectivity index (χ2n) is 2.35. The molecule has 0 saturated heterocycles. The average Bonchev–Trinajstić information content (AvgIpc) is 2.06. The van der Waals surface area contributed by atoms with Crippen LogP contribution in [-0.4, -0.2) is 18.3 Å². The Hall–Kier alpha value is -0.240. The minimum atomic E-state index is -0.806. The summed E-state index contributed by atoms with van der Waals surface area (Å²) < 4.78 is 10.9. The van der Waals surface area contributed by atoms with Crippen molar-refractivity contribution in [1.29, 1.82) is 5.26 Å². The van der Waals surface area contributed by atoms with Gasteiger partial charge in [0, 0.05) is 31.4 Å². The second kappa shape index (κ2) is 7.19. The minimum absolute atomic E-state index is 0.536. The number of nitriles is 1. The maximum atomic E-state index is 8.61. The van der Waals surface area contributed by atoms with Crippen LogP contribution in [0.2, 0.25) is 0 Å². The van der Waals surface area contributed by atoms with Gasteiger partial charge in [0.1, 0.15) is 5.40 Å². The van der Waals surface area contributed by atoms with E-state index >= 15 is 0 Å². The van der Waals surface area contributed by atoms with Gasteiger partial charge in [-0.1, -0.05) is 6.92 Å². The predicted octanol–water partition coefficient (Wildman–Crippen LogP) is 2.54. The van der Waals surface area contributed by atoms with Gasteiger partial charge in [-0.05, 0) is 20.3 Å². The molecular formula is C9H16NO2S. The van der Waals surface area contributed by atoms with Crippen LogP contribution in [0.15, 0.2) is 0 Å². The van der Waals surface area contributed by atoms with Crippen LogP contribution in [0.1, 0.15) is 26.7 Å². The molecule has 4 heteroatoms. The maximum Gasteiger partial charge on any atom is 0.231 e. The summed E-state index contributed by atoms with van der Waals surface area (Å²) >= 11 is 1.02. The van der Waals surface area contributed by atoms with Crippen molar-refractivity contribution in [2.45, 2.75) is 31.8 Å². The lowest BCUT2D eigenvalue weighted by Gasteiger charge is -2.29. The topological polar surface area (TPSA) is 42.2 Å². The van der Waals surface area contributed by atoms with E-state index in [0.717, 1.165) is 11.8 Å². The number of thiocyanates is 1. The second-order valence-corrected chi connectivity index (χ2v) is 3.35. The predicted molar refractivity (Wildman–Crippen MR) is 53.8 cm³/mol. The molecule has 0 atom stereocenters. The zero-order valence-corrected chi connectivity index (χ0v) is 9.02. The van der Waals surface area contributed by atoms with E-state index in [1.165, 1.54) is 0 Å². The van der Waals surface area contributed by atoms with Gasteiger partial charge >= 0.3 is 0 Å². The highest BCUT2D eigenvalue weighted by atomic mass is 32.2. The van der Waals surface area contributed by atoms with E-state index in [0.29, 0.717) is 26.1 Å². The molecule has 0 aliphatic carbocycles. The van der Waals surface area contributed by atoms with Crippen molar-refractivity contribution in [2.75, 3.05) is 13.2 Å². The summed E-state index contributed by atoms with van der Waals surface area (Å²) in [7, 11) is 0. The summed E-state index contributed by atoms with van der Waals surface area (Å²) in [5.74, 6) is 0. The van der Waals surface area contributed by atoms with Gasteiger partial charge in [-0.15, -0.1) is 0 Å². The third-order valence-electron chi connectivity index (χ3n) is 1.41. The summed E-state index contributed by atoms with van der Waals surface area (Å²) in [6, 6.07) is 0. The molecule has 0 fully saturated rings. The van der Waals surface area contributed by atoms with E-state index in [1.807, 2.05) is 19.2 Å². The number of thioether (sulfide) groups is 1. The van der Waals surface area contributed by atoms with Crippen LogP contribution in [-0.2, 0) is 9.47 Å². The van der Waals surface area contributed by atoms with Crippen LogP contribution >= 0.6 is 11.8 Å². The van der Waals surface area contributed by atoms with Crippen LogP contribution in [0.5, 0.6) is 0 Å². The first kappa shape index (κ1) is 12.8. The molecule has 0 N–H and O–H groups in total. The number of hydrogen-bond donors (Lipinski definition) is 0. The van der Waals surface area contributed by atoms with E-state index in [-0.39, 0.29) is 0 Å². The van der Waals surface area contributed by atoms with Crippen molar-refractivity contribution in [3.05, 3.63) is 6.92 Å². The van der Waals surface area contributed by atoms with Crippen molar-refractivity contribution >= 4 is 11.8 Å². The summed E-state index contributed by atoms with van der Waals surface area (Å²) in [5.41, 5.74) is 0. The maximum absolute atomic E-state index is 8.61. The van der Waals surface area contributed by atoms with Crippen LogP contribution in [0.25, 0.3) is 0 Å². The Bertz CT molecular complexity index is 150. The highest BCUT2D eigenvalue weighted by Crippen LogP contribution is 2.32. The highest BCUT2D eigenvalue weighted by molar-refractivity contribution is 8.04. The molecule has 13 heavy (non-hydrogen) atoms. The minimum Gasteiger partial charge on any atom is -0.341 e. The molecule has 0 aliphatic heterocycles. The van der Waals surface area contributed by atoms with Gasteiger partial charge in [0.25, 0.3) is 0 Å². The number of rotatable bonds is 7. The molecule has 0 aromatic heterocycles. The van der Waals surface area contributed by atoms with Gasteiger partial charge < -0.3 is 9.47 Å². The van der Waals surface area contributed by atoms with E-state index in [2.05, 4.69) is 6.92 Å². The first-order valence-electron chi connectivity index (χ1n) is 4.39. The highest BCUT2D eigenvalue weighted by Gasteiger charge is 2.31. The monoisotopic (exact) mass is 202 g/mol. The number of hydrogen-bond acceptors (Lipinski definition) is 4. The normalized spacial score (nSPS) is 11.2. The van der Waals surface area contributed by atoms with Crippen LogP contribution in [0.4, 0.5) is 0 Å². The zero-order valence-electron chi connectivity index (χ0n) is 8.21. The molecular weight excluding hydrogens is 186 g/mol. The van der Waals surface area contributed by atoms with Crippen LogP contribution in [0.3, 0.4) is 0 Å². The van der Waals surface area contributed by atoms with Gasteiger partial charge in [0.2, 0.25) is 5.12 Å². The Balaban J connectivity index is 4.29. The molecule has 0 bridgehead atoms. The van der Waals surface area contributed by atoms with Gasteiger partial charge in [-0.3, -0.25) is 0 Å². The van der Waals surface area contributed by atoms with Gasteiger partial charge in [0.15, 0.2) is 0 Å². The Morgan fingerprint density at radius 1 is 1.38 bits per heavy atom. The summed E-state index contributed by atoms with van der Waals surface area (Å²) in [4.78, 5) is 0. The SMILES string of the molecule is [CH2]CCC(OCC)(OCC)SC#N. The fraction of sp³-hybridized carbons (Fsp3) is 0.778. The lowest BCUT2D eigenvalue weighted by atomic mass is 10.3. The fourth-order valence-corrected chi connectivity index (χ4v) is 1.76. The molecule has 0 aromatic rings. The Kier molecular flexibility index (Phi) is 7.06.